The second-order valence-corrected chi connectivity index (χ2v) is 13.3. The molecule has 0 amide bonds. The number of nitrogens with zero attached hydrogens (tertiary/aromatic N) is 2. The first-order valence-corrected chi connectivity index (χ1v) is 18.2. The maximum atomic E-state index is 2.52. The maximum absolute atomic E-state index is 2.52. The molecule has 7 rings (SSSR count). The summed E-state index contributed by atoms with van der Waals surface area (Å²) in [6, 6.07) is 40.5. The lowest BCUT2D eigenvalue weighted by atomic mass is 10.1. The Morgan fingerprint density at radius 2 is 0.750 bits per heavy atom. The molecule has 0 radical (unpaired) electrons. The Labute approximate surface area is 286 Å². The van der Waals surface area contributed by atoms with E-state index in [2.05, 4.69) is 156 Å². The Kier molecular flexibility index (Phi) is 9.89. The first kappa shape index (κ1) is 31.8. The molecule has 2 aromatic heterocycles. The van der Waals surface area contributed by atoms with Crippen LogP contribution < -0.4 is 0 Å². The number of aryl methyl sites for hydroxylation is 2. The molecule has 7 aromatic rings. The van der Waals surface area contributed by atoms with Crippen LogP contribution in [0.4, 0.5) is 0 Å². The molecule has 0 fully saturated rings. The minimum absolute atomic E-state index is 1.08. The van der Waals surface area contributed by atoms with Crippen LogP contribution in [0.2, 0.25) is 0 Å². The molecular formula is C46H48N2. The summed E-state index contributed by atoms with van der Waals surface area (Å²) >= 11 is 0. The molecule has 2 heterocycles. The molecule has 0 spiro atoms. The van der Waals surface area contributed by atoms with Crippen molar-refractivity contribution in [2.45, 2.75) is 78.3 Å². The van der Waals surface area contributed by atoms with E-state index in [1.54, 1.807) is 0 Å². The molecule has 48 heavy (non-hydrogen) atoms. The molecule has 0 aliphatic rings. The van der Waals surface area contributed by atoms with Gasteiger partial charge in [0, 0.05) is 56.7 Å². The predicted octanol–water partition coefficient (Wildman–Crippen LogP) is 13.4. The van der Waals surface area contributed by atoms with Gasteiger partial charge in [-0.1, -0.05) is 149 Å². The molecule has 0 saturated heterocycles. The number of fused-ring (bicyclic) bond motifs is 6. The zero-order chi connectivity index (χ0) is 32.7. The first-order chi connectivity index (χ1) is 23.7. The second kappa shape index (κ2) is 14.9. The molecule has 0 aliphatic carbocycles. The molecule has 0 aliphatic heterocycles. The van der Waals surface area contributed by atoms with E-state index >= 15 is 0 Å². The van der Waals surface area contributed by atoms with Crippen LogP contribution in [0, 0.1) is 0 Å². The molecule has 0 saturated carbocycles. The van der Waals surface area contributed by atoms with Crippen LogP contribution in [0.25, 0.3) is 67.9 Å². The van der Waals surface area contributed by atoms with E-state index in [1.165, 1.54) is 117 Å². The van der Waals surface area contributed by atoms with Crippen molar-refractivity contribution in [1.82, 2.24) is 9.13 Å². The number of hydrogen-bond donors (Lipinski definition) is 0. The Morgan fingerprint density at radius 1 is 0.375 bits per heavy atom. The van der Waals surface area contributed by atoms with Gasteiger partial charge in [-0.2, -0.15) is 0 Å². The van der Waals surface area contributed by atoms with E-state index in [9.17, 15) is 0 Å². The van der Waals surface area contributed by atoms with Crippen molar-refractivity contribution in [2.75, 3.05) is 0 Å². The summed E-state index contributed by atoms with van der Waals surface area (Å²) in [6.07, 6.45) is 19.1. The highest BCUT2D eigenvalue weighted by Crippen LogP contribution is 2.32. The standard InChI is InChI=1S/C46H48N2/c1-3-5-7-13-31-47-43-17-11-9-15-39(43)41-33-37(27-29-45(41)47)25-23-35-19-21-36(22-20-35)24-26-38-28-30-46-42(34-38)40-16-10-12-18-44(40)48(46)32-14-8-6-4-2/h9-12,15-30,33-34H,3-8,13-14,31-32H2,1-2H3/b25-23+,26-24+. The van der Waals surface area contributed by atoms with Gasteiger partial charge >= 0.3 is 0 Å². The molecule has 0 unspecified atom stereocenters. The fourth-order valence-corrected chi connectivity index (χ4v) is 7.33. The topological polar surface area (TPSA) is 9.86 Å². The summed E-state index contributed by atoms with van der Waals surface area (Å²) in [6.45, 7) is 6.72. The van der Waals surface area contributed by atoms with Crippen LogP contribution in [-0.4, -0.2) is 9.13 Å². The van der Waals surface area contributed by atoms with Gasteiger partial charge in [0.2, 0.25) is 0 Å². The van der Waals surface area contributed by atoms with Crippen LogP contribution in [0.15, 0.2) is 109 Å². The van der Waals surface area contributed by atoms with Gasteiger partial charge in [-0.15, -0.1) is 0 Å². The van der Waals surface area contributed by atoms with E-state index in [-0.39, 0.29) is 0 Å². The largest absolute Gasteiger partial charge is 0.340 e. The fourth-order valence-electron chi connectivity index (χ4n) is 7.33. The van der Waals surface area contributed by atoms with E-state index in [0.29, 0.717) is 0 Å². The molecule has 2 nitrogen and oxygen atoms in total. The summed E-state index contributed by atoms with van der Waals surface area (Å²) in [5, 5.41) is 5.39. The Balaban J connectivity index is 1.06. The summed E-state index contributed by atoms with van der Waals surface area (Å²) in [7, 11) is 0. The fraction of sp³-hybridized carbons (Fsp3) is 0.261. The van der Waals surface area contributed by atoms with Crippen LogP contribution in [-0.2, 0) is 13.1 Å². The molecule has 2 heteroatoms. The first-order valence-electron chi connectivity index (χ1n) is 18.2. The predicted molar refractivity (Wildman–Crippen MR) is 211 cm³/mol. The Bertz CT molecular complexity index is 2040. The minimum atomic E-state index is 1.08. The number of rotatable bonds is 14. The number of unbranched alkanes of at least 4 members (excludes halogenated alkanes) is 6. The maximum Gasteiger partial charge on any atom is 0.0491 e. The van der Waals surface area contributed by atoms with Crippen molar-refractivity contribution < 1.29 is 0 Å². The Morgan fingerprint density at radius 3 is 1.19 bits per heavy atom. The van der Waals surface area contributed by atoms with Gasteiger partial charge in [0.15, 0.2) is 0 Å². The third-order valence-electron chi connectivity index (χ3n) is 9.94. The van der Waals surface area contributed by atoms with Crippen molar-refractivity contribution in [3.05, 3.63) is 131 Å². The number of aromatic nitrogens is 2. The van der Waals surface area contributed by atoms with Gasteiger partial charge < -0.3 is 9.13 Å². The van der Waals surface area contributed by atoms with Gasteiger partial charge in [-0.25, -0.2) is 0 Å². The molecule has 5 aromatic carbocycles. The minimum Gasteiger partial charge on any atom is -0.340 e. The quantitative estimate of drug-likeness (QED) is 0.0838. The van der Waals surface area contributed by atoms with E-state index in [4.69, 9.17) is 0 Å². The van der Waals surface area contributed by atoms with Crippen LogP contribution >= 0.6 is 0 Å². The van der Waals surface area contributed by atoms with Crippen molar-refractivity contribution in [3.63, 3.8) is 0 Å². The van der Waals surface area contributed by atoms with Crippen molar-refractivity contribution in [1.29, 1.82) is 0 Å². The molecular weight excluding hydrogens is 581 g/mol. The average Bonchev–Trinajstić information content (AvgIpc) is 3.62. The number of para-hydroxylation sites is 2. The molecule has 0 bridgehead atoms. The third kappa shape index (κ3) is 6.76. The highest BCUT2D eigenvalue weighted by atomic mass is 15.0. The summed E-state index contributed by atoms with van der Waals surface area (Å²) in [4.78, 5) is 0. The zero-order valence-corrected chi connectivity index (χ0v) is 28.7. The molecule has 0 N–H and O–H groups in total. The lowest BCUT2D eigenvalue weighted by Gasteiger charge is -2.07. The summed E-state index contributed by atoms with van der Waals surface area (Å²) in [5.74, 6) is 0. The monoisotopic (exact) mass is 628 g/mol. The van der Waals surface area contributed by atoms with Crippen LogP contribution in [0.5, 0.6) is 0 Å². The second-order valence-electron chi connectivity index (χ2n) is 13.3. The average molecular weight is 629 g/mol. The lowest BCUT2D eigenvalue weighted by molar-refractivity contribution is 0.602. The zero-order valence-electron chi connectivity index (χ0n) is 28.7. The highest BCUT2D eigenvalue weighted by Gasteiger charge is 2.11. The van der Waals surface area contributed by atoms with E-state index < -0.39 is 0 Å². The lowest BCUT2D eigenvalue weighted by Crippen LogP contribution is -1.97. The van der Waals surface area contributed by atoms with Crippen molar-refractivity contribution in [3.8, 4) is 0 Å². The van der Waals surface area contributed by atoms with Gasteiger partial charge in [0.05, 0.1) is 0 Å². The van der Waals surface area contributed by atoms with Crippen LogP contribution in [0.3, 0.4) is 0 Å². The van der Waals surface area contributed by atoms with Crippen LogP contribution in [0.1, 0.15) is 87.5 Å². The van der Waals surface area contributed by atoms with Gasteiger partial charge in [-0.05, 0) is 71.5 Å². The molecule has 242 valence electrons. The molecule has 0 atom stereocenters. The SMILES string of the molecule is CCCCCCn1c2ccccc2c2cc(/C=C/c3ccc(/C=C/c4ccc5c(c4)c4ccccc4n5CCCCCC)cc3)ccc21. The highest BCUT2D eigenvalue weighted by molar-refractivity contribution is 6.09. The van der Waals surface area contributed by atoms with Gasteiger partial charge in [0.25, 0.3) is 0 Å². The normalized spacial score (nSPS) is 12.2. The van der Waals surface area contributed by atoms with Crippen molar-refractivity contribution in [2.24, 2.45) is 0 Å². The summed E-state index contributed by atoms with van der Waals surface area (Å²) < 4.78 is 5.04. The smallest absolute Gasteiger partial charge is 0.0491 e. The number of hydrogen-bond acceptors (Lipinski definition) is 0. The number of benzene rings is 5. The third-order valence-corrected chi connectivity index (χ3v) is 9.94. The van der Waals surface area contributed by atoms with Gasteiger partial charge in [0.1, 0.15) is 0 Å². The van der Waals surface area contributed by atoms with E-state index in [1.807, 2.05) is 0 Å². The van der Waals surface area contributed by atoms with Crippen molar-refractivity contribution >= 4 is 67.9 Å². The Hall–Kier alpha value is -4.82. The van der Waals surface area contributed by atoms with Gasteiger partial charge in [-0.3, -0.25) is 0 Å². The summed E-state index contributed by atoms with van der Waals surface area (Å²) in [5.41, 5.74) is 10.3. The van der Waals surface area contributed by atoms with E-state index in [0.717, 1.165) is 13.1 Å².